The van der Waals surface area contributed by atoms with Gasteiger partial charge in [-0.1, -0.05) is 0 Å². The molecule has 2 rings (SSSR count). The summed E-state index contributed by atoms with van der Waals surface area (Å²) < 4.78 is 10.5. The lowest BCUT2D eigenvalue weighted by molar-refractivity contribution is 0.0694. The third-order valence-electron chi connectivity index (χ3n) is 2.55. The van der Waals surface area contributed by atoms with Crippen molar-refractivity contribution in [1.29, 1.82) is 0 Å². The van der Waals surface area contributed by atoms with Crippen LogP contribution in [0.15, 0.2) is 27.4 Å². The lowest BCUT2D eigenvalue weighted by Crippen LogP contribution is -2.19. The number of aromatic carboxylic acids is 1. The molecule has 0 amide bonds. The maximum atomic E-state index is 10.9. The first kappa shape index (κ1) is 12.4. The second-order valence-electron chi connectivity index (χ2n) is 3.97. The topological polar surface area (TPSA) is 88.5 Å². The lowest BCUT2D eigenvalue weighted by atomic mass is 10.2. The van der Waals surface area contributed by atoms with Crippen LogP contribution in [0, 0.1) is 6.92 Å². The largest absolute Gasteiger partial charge is 0.478 e. The predicted octanol–water partition coefficient (Wildman–Crippen LogP) is 2.13. The zero-order valence-electron chi connectivity index (χ0n) is 10.1. The molecule has 96 valence electrons. The molecule has 2 aromatic heterocycles. The molecule has 0 radical (unpaired) electrons. The minimum Gasteiger partial charge on any atom is -0.478 e. The molecular formula is C12H14N2O4. The summed E-state index contributed by atoms with van der Waals surface area (Å²) in [6.45, 7) is 4.00. The van der Waals surface area contributed by atoms with Crippen LogP contribution in [0.2, 0.25) is 0 Å². The van der Waals surface area contributed by atoms with Gasteiger partial charge in [0.25, 0.3) is 0 Å². The normalized spacial score (nSPS) is 12.6. The molecule has 0 aliphatic carbocycles. The molecule has 0 spiro atoms. The van der Waals surface area contributed by atoms with Gasteiger partial charge >= 0.3 is 5.97 Å². The van der Waals surface area contributed by atoms with Crippen molar-refractivity contribution < 1.29 is 18.7 Å². The van der Waals surface area contributed by atoms with Gasteiger partial charge in [-0.2, -0.15) is 0 Å². The molecule has 6 nitrogen and oxygen atoms in total. The van der Waals surface area contributed by atoms with Crippen LogP contribution in [-0.2, 0) is 6.54 Å². The van der Waals surface area contributed by atoms with Gasteiger partial charge in [0.1, 0.15) is 17.1 Å². The Balaban J connectivity index is 1.99. The van der Waals surface area contributed by atoms with E-state index in [4.69, 9.17) is 13.9 Å². The minimum absolute atomic E-state index is 0.120. The van der Waals surface area contributed by atoms with Crippen LogP contribution in [0.1, 0.15) is 40.7 Å². The first-order valence-corrected chi connectivity index (χ1v) is 5.53. The SMILES string of the molecule is Cc1cnc(C(C)NCc2occc2C(=O)O)o1. The molecule has 6 heteroatoms. The summed E-state index contributed by atoms with van der Waals surface area (Å²) in [5.41, 5.74) is 0.165. The Morgan fingerprint density at radius 3 is 3.00 bits per heavy atom. The molecule has 1 atom stereocenters. The molecule has 2 heterocycles. The Labute approximate surface area is 104 Å². The summed E-state index contributed by atoms with van der Waals surface area (Å²) >= 11 is 0. The number of carbonyl (C=O) groups is 1. The van der Waals surface area contributed by atoms with E-state index in [0.717, 1.165) is 5.76 Å². The van der Waals surface area contributed by atoms with Crippen molar-refractivity contribution in [2.75, 3.05) is 0 Å². The highest BCUT2D eigenvalue weighted by molar-refractivity contribution is 5.88. The molecule has 18 heavy (non-hydrogen) atoms. The quantitative estimate of drug-likeness (QED) is 0.845. The first-order valence-electron chi connectivity index (χ1n) is 5.53. The van der Waals surface area contributed by atoms with Crippen LogP contribution in [0.4, 0.5) is 0 Å². The fourth-order valence-electron chi connectivity index (χ4n) is 1.57. The number of oxazole rings is 1. The average Bonchev–Trinajstić information content (AvgIpc) is 2.94. The minimum atomic E-state index is -1.000. The smallest absolute Gasteiger partial charge is 0.339 e. The third-order valence-corrected chi connectivity index (χ3v) is 2.55. The van der Waals surface area contributed by atoms with Gasteiger partial charge in [0.05, 0.1) is 25.0 Å². The van der Waals surface area contributed by atoms with Crippen molar-refractivity contribution in [3.63, 3.8) is 0 Å². The summed E-state index contributed by atoms with van der Waals surface area (Å²) in [5, 5.41) is 12.0. The van der Waals surface area contributed by atoms with Crippen molar-refractivity contribution in [2.24, 2.45) is 0 Å². The molecule has 0 saturated carbocycles. The molecule has 0 fully saturated rings. The molecule has 0 aliphatic heterocycles. The summed E-state index contributed by atoms with van der Waals surface area (Å²) in [7, 11) is 0. The van der Waals surface area contributed by atoms with E-state index in [-0.39, 0.29) is 11.6 Å². The van der Waals surface area contributed by atoms with E-state index >= 15 is 0 Å². The molecule has 1 unspecified atom stereocenters. The molecule has 0 saturated heterocycles. The van der Waals surface area contributed by atoms with E-state index in [1.54, 1.807) is 6.20 Å². The van der Waals surface area contributed by atoms with Crippen LogP contribution in [0.5, 0.6) is 0 Å². The van der Waals surface area contributed by atoms with Crippen LogP contribution < -0.4 is 5.32 Å². The first-order chi connectivity index (χ1) is 8.58. The van der Waals surface area contributed by atoms with Gasteiger partial charge in [0.15, 0.2) is 0 Å². The maximum Gasteiger partial charge on any atom is 0.339 e. The van der Waals surface area contributed by atoms with E-state index in [9.17, 15) is 4.79 Å². The number of hydrogen-bond acceptors (Lipinski definition) is 5. The molecular weight excluding hydrogens is 236 g/mol. The van der Waals surface area contributed by atoms with Crippen molar-refractivity contribution in [1.82, 2.24) is 10.3 Å². The molecule has 0 aromatic carbocycles. The number of aromatic nitrogens is 1. The van der Waals surface area contributed by atoms with Crippen molar-refractivity contribution in [3.8, 4) is 0 Å². The van der Waals surface area contributed by atoms with Gasteiger partial charge in [-0.3, -0.25) is 5.32 Å². The van der Waals surface area contributed by atoms with Crippen LogP contribution in [0.3, 0.4) is 0 Å². The molecule has 2 N–H and O–H groups in total. The fraction of sp³-hybridized carbons (Fsp3) is 0.333. The lowest BCUT2D eigenvalue weighted by Gasteiger charge is -2.09. The van der Waals surface area contributed by atoms with Gasteiger partial charge in [-0.15, -0.1) is 0 Å². The summed E-state index contributed by atoms with van der Waals surface area (Å²) in [6, 6.07) is 1.31. The van der Waals surface area contributed by atoms with Gasteiger partial charge in [-0.05, 0) is 19.9 Å². The Bertz CT molecular complexity index is 544. The summed E-state index contributed by atoms with van der Waals surface area (Å²) in [6.07, 6.45) is 3.00. The fourth-order valence-corrected chi connectivity index (χ4v) is 1.57. The number of aryl methyl sites for hydroxylation is 1. The van der Waals surface area contributed by atoms with E-state index < -0.39 is 5.97 Å². The Morgan fingerprint density at radius 1 is 1.61 bits per heavy atom. The Hall–Kier alpha value is -2.08. The maximum absolute atomic E-state index is 10.9. The predicted molar refractivity (Wildman–Crippen MR) is 62.2 cm³/mol. The number of rotatable bonds is 5. The number of carboxylic acids is 1. The number of nitrogens with zero attached hydrogens (tertiary/aromatic N) is 1. The zero-order chi connectivity index (χ0) is 13.1. The highest BCUT2D eigenvalue weighted by Gasteiger charge is 2.16. The number of nitrogens with one attached hydrogen (secondary N) is 1. The third kappa shape index (κ3) is 2.60. The summed E-state index contributed by atoms with van der Waals surface area (Å²) in [4.78, 5) is 15.0. The van der Waals surface area contributed by atoms with E-state index in [0.29, 0.717) is 18.2 Å². The van der Waals surface area contributed by atoms with Crippen molar-refractivity contribution in [3.05, 3.63) is 41.5 Å². The standard InChI is InChI=1S/C12H14N2O4/c1-7-5-14-11(18-7)8(2)13-6-10-9(12(15)16)3-4-17-10/h3-5,8,13H,6H2,1-2H3,(H,15,16). The second kappa shape index (κ2) is 5.05. The van der Waals surface area contributed by atoms with Crippen LogP contribution in [-0.4, -0.2) is 16.1 Å². The number of hydrogen-bond donors (Lipinski definition) is 2. The van der Waals surface area contributed by atoms with E-state index in [1.807, 2.05) is 13.8 Å². The molecule has 0 aliphatic rings. The van der Waals surface area contributed by atoms with Gasteiger partial charge in [0, 0.05) is 0 Å². The number of furan rings is 1. The Kier molecular flexibility index (Phi) is 3.47. The van der Waals surface area contributed by atoms with Gasteiger partial charge in [-0.25, -0.2) is 9.78 Å². The van der Waals surface area contributed by atoms with Gasteiger partial charge < -0.3 is 13.9 Å². The zero-order valence-corrected chi connectivity index (χ0v) is 10.1. The highest BCUT2D eigenvalue weighted by atomic mass is 16.4. The monoisotopic (exact) mass is 250 g/mol. The van der Waals surface area contributed by atoms with E-state index in [2.05, 4.69) is 10.3 Å². The van der Waals surface area contributed by atoms with Crippen molar-refractivity contribution >= 4 is 5.97 Å². The summed E-state index contributed by atoms with van der Waals surface area (Å²) in [5.74, 6) is 0.691. The van der Waals surface area contributed by atoms with Gasteiger partial charge in [0.2, 0.25) is 5.89 Å². The second-order valence-corrected chi connectivity index (χ2v) is 3.97. The average molecular weight is 250 g/mol. The molecule has 0 bridgehead atoms. The highest BCUT2D eigenvalue weighted by Crippen LogP contribution is 2.15. The Morgan fingerprint density at radius 2 is 2.39 bits per heavy atom. The number of carboxylic acid groups (broad SMARTS) is 1. The van der Waals surface area contributed by atoms with Crippen LogP contribution in [0.25, 0.3) is 0 Å². The molecule has 2 aromatic rings. The van der Waals surface area contributed by atoms with Crippen molar-refractivity contribution in [2.45, 2.75) is 26.4 Å². The van der Waals surface area contributed by atoms with Crippen LogP contribution >= 0.6 is 0 Å². The van der Waals surface area contributed by atoms with E-state index in [1.165, 1.54) is 12.3 Å².